The molecule has 2 aromatic carbocycles. The summed E-state index contributed by atoms with van der Waals surface area (Å²) in [5.74, 6) is 0.737. The van der Waals surface area contributed by atoms with Crippen molar-refractivity contribution < 1.29 is 23.1 Å². The summed E-state index contributed by atoms with van der Waals surface area (Å²) in [4.78, 5) is 19.3. The molecule has 40 heavy (non-hydrogen) atoms. The Labute approximate surface area is 229 Å². The van der Waals surface area contributed by atoms with Gasteiger partial charge in [-0.2, -0.15) is 18.3 Å². The van der Waals surface area contributed by atoms with Crippen molar-refractivity contribution in [1.29, 1.82) is 0 Å². The molecule has 4 aromatic rings. The van der Waals surface area contributed by atoms with Crippen molar-refractivity contribution in [2.45, 2.75) is 39.0 Å². The summed E-state index contributed by atoms with van der Waals surface area (Å²) >= 11 is 0. The number of β-amino-alcohol motifs (C(OH)–C–C–N with tert-alkyl or cyclic N) is 1. The molecule has 0 radical (unpaired) electrons. The standard InChI is InChI=1S/C29H29F3N6O2/c1-18-5-7-24(34-28(40)20-3-2-4-23(11-20)29(30,31)32)12-19(18)6-8-25-14-27(37-36-25)35-26-13-21-16-38(9-10-39)17-22(21)15-33-26/h2-5,7,11-15,39H,6,8-10,16-17H2,1H3,(H,34,40)(H2,33,35,36,37). The summed E-state index contributed by atoms with van der Waals surface area (Å²) in [6, 6.07) is 13.7. The van der Waals surface area contributed by atoms with E-state index < -0.39 is 17.6 Å². The number of hydrogen-bond acceptors (Lipinski definition) is 6. The first kappa shape index (κ1) is 27.4. The lowest BCUT2D eigenvalue weighted by Gasteiger charge is -2.11. The molecule has 8 nitrogen and oxygen atoms in total. The number of alkyl halides is 3. The Balaban J connectivity index is 1.19. The van der Waals surface area contributed by atoms with Crippen LogP contribution in [0.5, 0.6) is 0 Å². The second kappa shape index (κ2) is 11.5. The molecule has 208 valence electrons. The number of hydrogen-bond donors (Lipinski definition) is 4. The molecule has 1 aliphatic heterocycles. The van der Waals surface area contributed by atoms with Crippen LogP contribution in [0.1, 0.15) is 43.9 Å². The van der Waals surface area contributed by atoms with E-state index in [2.05, 4.69) is 30.7 Å². The highest BCUT2D eigenvalue weighted by Crippen LogP contribution is 2.30. The summed E-state index contributed by atoms with van der Waals surface area (Å²) in [6.45, 7) is 4.28. The highest BCUT2D eigenvalue weighted by molar-refractivity contribution is 6.04. The van der Waals surface area contributed by atoms with Crippen LogP contribution in [-0.2, 0) is 32.1 Å². The molecule has 4 N–H and O–H groups in total. The number of pyridine rings is 1. The van der Waals surface area contributed by atoms with E-state index >= 15 is 0 Å². The maximum Gasteiger partial charge on any atom is 0.416 e. The van der Waals surface area contributed by atoms with Crippen molar-refractivity contribution in [2.75, 3.05) is 23.8 Å². The quantitative estimate of drug-likeness (QED) is 0.228. The Morgan fingerprint density at radius 1 is 1.05 bits per heavy atom. The van der Waals surface area contributed by atoms with Crippen molar-refractivity contribution in [3.05, 3.63) is 99.9 Å². The van der Waals surface area contributed by atoms with Gasteiger partial charge in [-0.1, -0.05) is 12.1 Å². The number of nitrogens with zero attached hydrogens (tertiary/aromatic N) is 3. The SMILES string of the molecule is Cc1ccc(NC(=O)c2cccc(C(F)(F)F)c2)cc1CCc1cc(Nc2cc3c(cn2)CN(CCO)C3)n[nH]1. The summed E-state index contributed by atoms with van der Waals surface area (Å²) in [5.41, 5.74) is 4.86. The van der Waals surface area contributed by atoms with Gasteiger partial charge in [-0.25, -0.2) is 4.98 Å². The minimum absolute atomic E-state index is 0.0604. The van der Waals surface area contributed by atoms with Gasteiger partial charge in [-0.3, -0.25) is 14.8 Å². The smallest absolute Gasteiger partial charge is 0.395 e. The molecule has 0 saturated heterocycles. The third-order valence-electron chi connectivity index (χ3n) is 6.90. The summed E-state index contributed by atoms with van der Waals surface area (Å²) in [7, 11) is 0. The minimum atomic E-state index is -4.52. The maximum atomic E-state index is 13.0. The average Bonchev–Trinajstić information content (AvgIpc) is 3.54. The molecule has 0 bridgehead atoms. The lowest BCUT2D eigenvalue weighted by molar-refractivity contribution is -0.137. The van der Waals surface area contributed by atoms with Crippen LogP contribution in [0.4, 0.5) is 30.5 Å². The number of amides is 1. The van der Waals surface area contributed by atoms with Crippen LogP contribution in [0.3, 0.4) is 0 Å². The van der Waals surface area contributed by atoms with Gasteiger partial charge in [-0.15, -0.1) is 0 Å². The number of aryl methyl sites for hydroxylation is 3. The number of fused-ring (bicyclic) bond motifs is 1. The molecule has 0 aliphatic carbocycles. The van der Waals surface area contributed by atoms with E-state index in [9.17, 15) is 23.1 Å². The molecule has 0 unspecified atom stereocenters. The van der Waals surface area contributed by atoms with E-state index in [-0.39, 0.29) is 12.2 Å². The maximum absolute atomic E-state index is 13.0. The molecule has 3 heterocycles. The highest BCUT2D eigenvalue weighted by Gasteiger charge is 2.31. The number of anilines is 3. The fourth-order valence-electron chi connectivity index (χ4n) is 4.73. The van der Waals surface area contributed by atoms with Crippen LogP contribution in [-0.4, -0.2) is 44.2 Å². The van der Waals surface area contributed by atoms with Gasteiger partial charge in [0.1, 0.15) is 5.82 Å². The fourth-order valence-corrected chi connectivity index (χ4v) is 4.73. The normalized spacial score (nSPS) is 13.3. The summed E-state index contributed by atoms with van der Waals surface area (Å²) in [5, 5.41) is 22.5. The van der Waals surface area contributed by atoms with Crippen LogP contribution in [0, 0.1) is 6.92 Å². The first-order chi connectivity index (χ1) is 19.2. The number of aromatic amines is 1. The van der Waals surface area contributed by atoms with Crippen LogP contribution < -0.4 is 10.6 Å². The minimum Gasteiger partial charge on any atom is -0.395 e. The topological polar surface area (TPSA) is 106 Å². The Morgan fingerprint density at radius 3 is 2.67 bits per heavy atom. The third kappa shape index (κ3) is 6.49. The number of rotatable bonds is 9. The average molecular weight is 551 g/mol. The van der Waals surface area contributed by atoms with Crippen molar-refractivity contribution in [3.8, 4) is 0 Å². The Bertz CT molecular complexity index is 1520. The fraction of sp³-hybridized carbons (Fsp3) is 0.276. The largest absolute Gasteiger partial charge is 0.416 e. The van der Waals surface area contributed by atoms with Gasteiger partial charge in [0.2, 0.25) is 0 Å². The molecular weight excluding hydrogens is 521 g/mol. The second-order valence-corrected chi connectivity index (χ2v) is 9.85. The monoisotopic (exact) mass is 550 g/mol. The van der Waals surface area contributed by atoms with Crippen molar-refractivity contribution >= 4 is 23.2 Å². The van der Waals surface area contributed by atoms with Gasteiger partial charge in [-0.05, 0) is 78.4 Å². The molecule has 2 aromatic heterocycles. The number of H-pyrrole nitrogens is 1. The number of aliphatic hydroxyl groups is 1. The zero-order valence-electron chi connectivity index (χ0n) is 21.8. The molecule has 1 amide bonds. The summed E-state index contributed by atoms with van der Waals surface area (Å²) in [6.07, 6.45) is -1.34. The molecule has 0 spiro atoms. The summed E-state index contributed by atoms with van der Waals surface area (Å²) < 4.78 is 39.1. The number of halogens is 3. The Hall–Kier alpha value is -4.22. The van der Waals surface area contributed by atoms with Crippen molar-refractivity contribution in [3.63, 3.8) is 0 Å². The van der Waals surface area contributed by atoms with E-state index in [1.54, 1.807) is 6.07 Å². The Kier molecular flexibility index (Phi) is 7.85. The third-order valence-corrected chi connectivity index (χ3v) is 6.90. The lowest BCUT2D eigenvalue weighted by atomic mass is 10.0. The van der Waals surface area contributed by atoms with Gasteiger partial charge >= 0.3 is 6.18 Å². The highest BCUT2D eigenvalue weighted by atomic mass is 19.4. The van der Waals surface area contributed by atoms with E-state index in [0.29, 0.717) is 36.7 Å². The molecular formula is C29H29F3N6O2. The predicted molar refractivity (Wildman–Crippen MR) is 145 cm³/mol. The Morgan fingerprint density at radius 2 is 1.88 bits per heavy atom. The number of carbonyl (C=O) groups is 1. The van der Waals surface area contributed by atoms with E-state index in [1.165, 1.54) is 17.7 Å². The van der Waals surface area contributed by atoms with Crippen molar-refractivity contribution in [2.24, 2.45) is 0 Å². The number of benzene rings is 2. The molecule has 5 rings (SSSR count). The zero-order chi connectivity index (χ0) is 28.3. The number of nitrogens with one attached hydrogen (secondary N) is 3. The molecule has 11 heteroatoms. The van der Waals surface area contributed by atoms with Crippen molar-refractivity contribution in [1.82, 2.24) is 20.1 Å². The van der Waals surface area contributed by atoms with Gasteiger partial charge in [0.15, 0.2) is 5.82 Å². The predicted octanol–water partition coefficient (Wildman–Crippen LogP) is 5.22. The number of aliphatic hydroxyl groups excluding tert-OH is 1. The molecule has 1 aliphatic rings. The molecule has 0 fully saturated rings. The van der Waals surface area contributed by atoms with Gasteiger partial charge in [0, 0.05) is 48.8 Å². The van der Waals surface area contributed by atoms with Crippen LogP contribution in [0.25, 0.3) is 0 Å². The van der Waals surface area contributed by atoms with Gasteiger partial charge in [0.05, 0.1) is 12.2 Å². The zero-order valence-corrected chi connectivity index (χ0v) is 21.8. The van der Waals surface area contributed by atoms with E-state index in [0.717, 1.165) is 47.6 Å². The first-order valence-corrected chi connectivity index (χ1v) is 12.9. The lowest BCUT2D eigenvalue weighted by Crippen LogP contribution is -2.20. The number of carbonyl (C=O) groups excluding carboxylic acids is 1. The molecule has 0 atom stereocenters. The second-order valence-electron chi connectivity index (χ2n) is 9.85. The van der Waals surface area contributed by atoms with E-state index in [1.807, 2.05) is 37.4 Å². The van der Waals surface area contributed by atoms with Crippen LogP contribution in [0.2, 0.25) is 0 Å². The van der Waals surface area contributed by atoms with Crippen LogP contribution >= 0.6 is 0 Å². The first-order valence-electron chi connectivity index (χ1n) is 12.9. The molecule has 0 saturated carbocycles. The number of aromatic nitrogens is 3. The van der Waals surface area contributed by atoms with Gasteiger partial charge < -0.3 is 15.7 Å². The van der Waals surface area contributed by atoms with Crippen LogP contribution in [0.15, 0.2) is 60.8 Å². The van der Waals surface area contributed by atoms with E-state index in [4.69, 9.17) is 0 Å². The van der Waals surface area contributed by atoms with Gasteiger partial charge in [0.25, 0.3) is 5.91 Å².